The molecular weight excluding hydrogens is 262 g/mol. The summed E-state index contributed by atoms with van der Waals surface area (Å²) >= 11 is 0. The highest BCUT2D eigenvalue weighted by atomic mass is 16.5. The molecule has 0 aliphatic carbocycles. The molecule has 0 aromatic carbocycles. The van der Waals surface area contributed by atoms with Gasteiger partial charge in [0.05, 0.1) is 13.0 Å². The van der Waals surface area contributed by atoms with Gasteiger partial charge in [-0.2, -0.15) is 0 Å². The van der Waals surface area contributed by atoms with Gasteiger partial charge in [-0.15, -0.1) is 0 Å². The number of hydrogen-bond acceptors (Lipinski definition) is 3. The predicted molar refractivity (Wildman–Crippen MR) is 88.3 cm³/mol. The fourth-order valence-electron chi connectivity index (χ4n) is 3.44. The molecule has 1 atom stereocenters. The number of unbranched alkanes of at least 4 members (excludes halogenated alkanes) is 7. The quantitative estimate of drug-likeness (QED) is 0.456. The van der Waals surface area contributed by atoms with E-state index >= 15 is 0 Å². The van der Waals surface area contributed by atoms with Crippen molar-refractivity contribution in [2.75, 3.05) is 20.2 Å². The second-order valence-corrected chi connectivity index (χ2v) is 6.48. The summed E-state index contributed by atoms with van der Waals surface area (Å²) < 4.78 is 5.03. The molecule has 0 aromatic heterocycles. The monoisotopic (exact) mass is 297 g/mol. The zero-order chi connectivity index (χ0) is 15.3. The van der Waals surface area contributed by atoms with E-state index in [1.807, 2.05) is 0 Å². The zero-order valence-corrected chi connectivity index (χ0v) is 14.2. The van der Waals surface area contributed by atoms with Crippen LogP contribution in [0.5, 0.6) is 0 Å². The van der Waals surface area contributed by atoms with Gasteiger partial charge in [-0.05, 0) is 38.3 Å². The Morgan fingerprint density at radius 3 is 2.19 bits per heavy atom. The standard InChI is InChI=1S/C18H35NO2/c1-3-4-5-6-7-8-9-10-11-17(18(20)21-2)16-12-14-19-15-13-16/h16-17,19H,3-15H2,1-2H3. The van der Waals surface area contributed by atoms with E-state index in [1.54, 1.807) is 0 Å². The molecule has 0 aromatic rings. The maximum Gasteiger partial charge on any atom is 0.308 e. The third-order valence-electron chi connectivity index (χ3n) is 4.83. The highest BCUT2D eigenvalue weighted by Gasteiger charge is 2.29. The lowest BCUT2D eigenvalue weighted by Crippen LogP contribution is -2.35. The molecule has 21 heavy (non-hydrogen) atoms. The predicted octanol–water partition coefficient (Wildman–Crippen LogP) is 4.31. The lowest BCUT2D eigenvalue weighted by molar-refractivity contribution is -0.148. The molecule has 1 fully saturated rings. The summed E-state index contributed by atoms with van der Waals surface area (Å²) in [6.45, 7) is 4.36. The van der Waals surface area contributed by atoms with Crippen molar-refractivity contribution in [3.8, 4) is 0 Å². The lowest BCUT2D eigenvalue weighted by Gasteiger charge is -2.29. The number of methoxy groups -OCH3 is 1. The summed E-state index contributed by atoms with van der Waals surface area (Å²) in [7, 11) is 1.53. The Morgan fingerprint density at radius 1 is 1.05 bits per heavy atom. The highest BCUT2D eigenvalue weighted by Crippen LogP contribution is 2.28. The molecule has 1 aliphatic heterocycles. The van der Waals surface area contributed by atoms with E-state index in [2.05, 4.69) is 12.2 Å². The number of rotatable bonds is 11. The van der Waals surface area contributed by atoms with Gasteiger partial charge < -0.3 is 10.1 Å². The molecule has 124 valence electrons. The number of esters is 1. The minimum Gasteiger partial charge on any atom is -0.469 e. The van der Waals surface area contributed by atoms with Crippen molar-refractivity contribution in [3.05, 3.63) is 0 Å². The van der Waals surface area contributed by atoms with Gasteiger partial charge in [0.25, 0.3) is 0 Å². The van der Waals surface area contributed by atoms with Gasteiger partial charge in [-0.25, -0.2) is 0 Å². The molecule has 1 heterocycles. The third kappa shape index (κ3) is 7.85. The van der Waals surface area contributed by atoms with Gasteiger partial charge in [0.1, 0.15) is 0 Å². The van der Waals surface area contributed by atoms with Crippen LogP contribution >= 0.6 is 0 Å². The molecule has 1 aliphatic rings. The summed E-state index contributed by atoms with van der Waals surface area (Å²) in [6.07, 6.45) is 13.8. The van der Waals surface area contributed by atoms with Crippen molar-refractivity contribution < 1.29 is 9.53 Å². The van der Waals surface area contributed by atoms with Gasteiger partial charge >= 0.3 is 5.97 Å². The van der Waals surface area contributed by atoms with Gasteiger partial charge in [0, 0.05) is 0 Å². The smallest absolute Gasteiger partial charge is 0.308 e. The fraction of sp³-hybridized carbons (Fsp3) is 0.944. The van der Waals surface area contributed by atoms with E-state index < -0.39 is 0 Å². The first-order valence-electron chi connectivity index (χ1n) is 9.08. The summed E-state index contributed by atoms with van der Waals surface area (Å²) in [5.74, 6) is 0.685. The zero-order valence-electron chi connectivity index (χ0n) is 14.2. The van der Waals surface area contributed by atoms with E-state index in [0.29, 0.717) is 5.92 Å². The van der Waals surface area contributed by atoms with Crippen LogP contribution in [0, 0.1) is 11.8 Å². The Balaban J connectivity index is 2.16. The average molecular weight is 297 g/mol. The number of carbonyl (C=O) groups excluding carboxylic acids is 1. The van der Waals surface area contributed by atoms with Crippen LogP contribution in [0.15, 0.2) is 0 Å². The van der Waals surface area contributed by atoms with Crippen LogP contribution in [0.25, 0.3) is 0 Å². The van der Waals surface area contributed by atoms with Crippen molar-refractivity contribution in [2.45, 2.75) is 77.6 Å². The van der Waals surface area contributed by atoms with E-state index in [0.717, 1.165) is 32.4 Å². The van der Waals surface area contributed by atoms with E-state index in [4.69, 9.17) is 4.74 Å². The molecule has 1 N–H and O–H groups in total. The first-order valence-corrected chi connectivity index (χ1v) is 9.08. The second kappa shape index (κ2) is 12.0. The Hall–Kier alpha value is -0.570. The Kier molecular flexibility index (Phi) is 10.6. The topological polar surface area (TPSA) is 38.3 Å². The summed E-state index contributed by atoms with van der Waals surface area (Å²) in [5, 5.41) is 3.38. The van der Waals surface area contributed by atoms with Gasteiger partial charge in [-0.3, -0.25) is 4.79 Å². The van der Waals surface area contributed by atoms with E-state index in [1.165, 1.54) is 58.5 Å². The second-order valence-electron chi connectivity index (χ2n) is 6.48. The first-order chi connectivity index (χ1) is 10.3. The Bertz CT molecular complexity index is 262. The SMILES string of the molecule is CCCCCCCCCCC(C(=O)OC)C1CCNCC1. The maximum absolute atomic E-state index is 12.0. The van der Waals surface area contributed by atoms with E-state index in [-0.39, 0.29) is 11.9 Å². The number of piperidine rings is 1. The minimum absolute atomic E-state index is 0.0184. The maximum atomic E-state index is 12.0. The van der Waals surface area contributed by atoms with Crippen LogP contribution < -0.4 is 5.32 Å². The van der Waals surface area contributed by atoms with Crippen molar-refractivity contribution in [2.24, 2.45) is 11.8 Å². The third-order valence-corrected chi connectivity index (χ3v) is 4.83. The van der Waals surface area contributed by atoms with Crippen LogP contribution in [0.4, 0.5) is 0 Å². The first kappa shape index (κ1) is 18.5. The number of nitrogens with one attached hydrogen (secondary N) is 1. The molecule has 1 saturated heterocycles. The number of carbonyl (C=O) groups is 1. The van der Waals surface area contributed by atoms with Gasteiger partial charge in [0.2, 0.25) is 0 Å². The number of hydrogen-bond donors (Lipinski definition) is 1. The van der Waals surface area contributed by atoms with Crippen LogP contribution in [-0.4, -0.2) is 26.2 Å². The molecule has 0 bridgehead atoms. The highest BCUT2D eigenvalue weighted by molar-refractivity contribution is 5.72. The van der Waals surface area contributed by atoms with Crippen LogP contribution in [0.3, 0.4) is 0 Å². The van der Waals surface area contributed by atoms with Crippen LogP contribution in [0.1, 0.15) is 77.6 Å². The van der Waals surface area contributed by atoms with Crippen molar-refractivity contribution in [3.63, 3.8) is 0 Å². The Morgan fingerprint density at radius 2 is 1.62 bits per heavy atom. The van der Waals surface area contributed by atoms with Crippen molar-refractivity contribution >= 4 is 5.97 Å². The normalized spacial score (nSPS) is 17.6. The molecule has 3 nitrogen and oxygen atoms in total. The molecule has 0 amide bonds. The van der Waals surface area contributed by atoms with Gasteiger partial charge in [-0.1, -0.05) is 58.3 Å². The average Bonchev–Trinajstić information content (AvgIpc) is 2.53. The van der Waals surface area contributed by atoms with Gasteiger partial charge in [0.15, 0.2) is 0 Å². The molecule has 1 unspecified atom stereocenters. The molecule has 0 radical (unpaired) electrons. The van der Waals surface area contributed by atoms with Crippen LogP contribution in [0.2, 0.25) is 0 Å². The van der Waals surface area contributed by atoms with Crippen molar-refractivity contribution in [1.29, 1.82) is 0 Å². The lowest BCUT2D eigenvalue weighted by atomic mass is 9.81. The minimum atomic E-state index is 0.0184. The fourth-order valence-corrected chi connectivity index (χ4v) is 3.44. The summed E-state index contributed by atoms with van der Waals surface area (Å²) in [6, 6.07) is 0. The van der Waals surface area contributed by atoms with Crippen molar-refractivity contribution in [1.82, 2.24) is 5.32 Å². The van der Waals surface area contributed by atoms with Crippen LogP contribution in [-0.2, 0) is 9.53 Å². The Labute approximate surface area is 131 Å². The number of ether oxygens (including phenoxy) is 1. The summed E-state index contributed by atoms with van der Waals surface area (Å²) in [5.41, 5.74) is 0. The molecule has 3 heteroatoms. The molecule has 0 spiro atoms. The molecular formula is C18H35NO2. The summed E-state index contributed by atoms with van der Waals surface area (Å²) in [4.78, 5) is 12.0. The van der Waals surface area contributed by atoms with E-state index in [9.17, 15) is 4.79 Å². The molecule has 0 saturated carbocycles. The largest absolute Gasteiger partial charge is 0.469 e. The molecule has 1 rings (SSSR count).